The molecule has 1 atom stereocenters. The Morgan fingerprint density at radius 2 is 2.14 bits per heavy atom. The van der Waals surface area contributed by atoms with Gasteiger partial charge in [-0.2, -0.15) is 4.31 Å². The van der Waals surface area contributed by atoms with Gasteiger partial charge in [0.05, 0.1) is 0 Å². The van der Waals surface area contributed by atoms with E-state index in [2.05, 4.69) is 0 Å². The number of nitrogens with two attached hydrogens (primary N) is 2. The van der Waals surface area contributed by atoms with Gasteiger partial charge >= 0.3 is 0 Å². The number of hydrogen-bond donors (Lipinski definition) is 2. The van der Waals surface area contributed by atoms with E-state index in [9.17, 15) is 13.2 Å². The third kappa shape index (κ3) is 4.23. The lowest BCUT2D eigenvalue weighted by Crippen LogP contribution is -2.32. The molecule has 0 unspecified atom stereocenters. The molecule has 1 aliphatic heterocycles. The summed E-state index contributed by atoms with van der Waals surface area (Å²) in [7, 11) is -3.78. The number of carbonyl (C=O) groups is 1. The largest absolute Gasteiger partial charge is 0.482 e. The second kappa shape index (κ2) is 7.47. The van der Waals surface area contributed by atoms with Crippen LogP contribution >= 0.6 is 24.0 Å². The van der Waals surface area contributed by atoms with Crippen molar-refractivity contribution in [1.82, 2.24) is 4.31 Å². The minimum atomic E-state index is -3.78. The van der Waals surface area contributed by atoms with Gasteiger partial charge in [0.15, 0.2) is 6.61 Å². The summed E-state index contributed by atoms with van der Waals surface area (Å²) in [5.74, 6) is -0.657. The second-order valence-electron chi connectivity index (χ2n) is 4.76. The van der Waals surface area contributed by atoms with Crippen molar-refractivity contribution in [3.8, 4) is 5.75 Å². The summed E-state index contributed by atoms with van der Waals surface area (Å²) in [4.78, 5) is 10.7. The molecular formula is C12H17Cl2N3O4S. The van der Waals surface area contributed by atoms with Crippen LogP contribution in [0, 0.1) is 0 Å². The van der Waals surface area contributed by atoms with Crippen LogP contribution in [0.3, 0.4) is 0 Å². The third-order valence-corrected chi connectivity index (χ3v) is 5.20. The van der Waals surface area contributed by atoms with Gasteiger partial charge < -0.3 is 16.2 Å². The normalized spacial score (nSPS) is 18.7. The van der Waals surface area contributed by atoms with Crippen LogP contribution in [-0.4, -0.2) is 44.4 Å². The molecule has 4 N–H and O–H groups in total. The van der Waals surface area contributed by atoms with Crippen LogP contribution in [0.2, 0.25) is 5.02 Å². The molecule has 7 nitrogen and oxygen atoms in total. The van der Waals surface area contributed by atoms with E-state index < -0.39 is 22.5 Å². The van der Waals surface area contributed by atoms with Crippen molar-refractivity contribution in [1.29, 1.82) is 0 Å². The molecule has 0 saturated carbocycles. The summed E-state index contributed by atoms with van der Waals surface area (Å²) in [6, 6.07) is 3.98. The molecule has 0 radical (unpaired) electrons. The van der Waals surface area contributed by atoms with E-state index in [0.29, 0.717) is 13.0 Å². The number of amides is 1. The zero-order valence-electron chi connectivity index (χ0n) is 11.6. The van der Waals surface area contributed by atoms with Gasteiger partial charge in [-0.05, 0) is 24.6 Å². The first kappa shape index (κ1) is 19.0. The molecule has 10 heteroatoms. The maximum Gasteiger partial charge on any atom is 0.255 e. The molecule has 0 bridgehead atoms. The van der Waals surface area contributed by atoms with Crippen molar-refractivity contribution in [2.75, 3.05) is 19.7 Å². The van der Waals surface area contributed by atoms with E-state index in [4.69, 9.17) is 27.8 Å². The van der Waals surface area contributed by atoms with Crippen molar-refractivity contribution >= 4 is 39.9 Å². The number of rotatable bonds is 5. The zero-order valence-corrected chi connectivity index (χ0v) is 14.0. The molecule has 1 heterocycles. The van der Waals surface area contributed by atoms with Crippen molar-refractivity contribution in [3.05, 3.63) is 23.2 Å². The smallest absolute Gasteiger partial charge is 0.255 e. The first-order valence-corrected chi connectivity index (χ1v) is 8.09. The molecular weight excluding hydrogens is 353 g/mol. The predicted octanol–water partition coefficient (Wildman–Crippen LogP) is 0.348. The van der Waals surface area contributed by atoms with Crippen molar-refractivity contribution < 1.29 is 17.9 Å². The van der Waals surface area contributed by atoms with Crippen LogP contribution < -0.4 is 16.2 Å². The lowest BCUT2D eigenvalue weighted by Gasteiger charge is -2.18. The van der Waals surface area contributed by atoms with Crippen LogP contribution in [0.15, 0.2) is 23.1 Å². The van der Waals surface area contributed by atoms with E-state index in [1.54, 1.807) is 0 Å². The van der Waals surface area contributed by atoms with Crippen LogP contribution in [0.5, 0.6) is 5.75 Å². The van der Waals surface area contributed by atoms with Crippen molar-refractivity contribution in [2.45, 2.75) is 17.4 Å². The molecule has 124 valence electrons. The van der Waals surface area contributed by atoms with Gasteiger partial charge in [-0.25, -0.2) is 8.42 Å². The van der Waals surface area contributed by atoms with Crippen LogP contribution in [0.1, 0.15) is 6.42 Å². The molecule has 1 saturated heterocycles. The number of benzene rings is 1. The summed E-state index contributed by atoms with van der Waals surface area (Å²) in [5, 5.41) is 0.253. The predicted molar refractivity (Wildman–Crippen MR) is 84.7 cm³/mol. The summed E-state index contributed by atoms with van der Waals surface area (Å²) < 4.78 is 31.7. The second-order valence-corrected chi connectivity index (χ2v) is 7.10. The molecule has 1 aromatic rings. The molecule has 1 amide bonds. The standard InChI is InChI=1S/C12H16ClN3O4S.ClH/c13-8-1-2-10(20-7-12(15)17)11(5-8)21(18,19)16-4-3-9(14)6-16;/h1-2,5,9H,3-4,6-7,14H2,(H2,15,17);1H/t9-;/m1./s1. The maximum atomic E-state index is 12.6. The number of ether oxygens (including phenoxy) is 1. The molecule has 22 heavy (non-hydrogen) atoms. The molecule has 2 rings (SSSR count). The van der Waals surface area contributed by atoms with Gasteiger partial charge in [0.25, 0.3) is 5.91 Å². The van der Waals surface area contributed by atoms with Crippen LogP contribution in [-0.2, 0) is 14.8 Å². The molecule has 1 aromatic carbocycles. The summed E-state index contributed by atoms with van der Waals surface area (Å²) in [6.45, 7) is 0.166. The quantitative estimate of drug-likeness (QED) is 0.776. The number of nitrogens with zero attached hydrogens (tertiary/aromatic N) is 1. The van der Waals surface area contributed by atoms with E-state index in [1.165, 1.54) is 22.5 Å². The Bertz CT molecular complexity index is 654. The fraction of sp³-hybridized carbons (Fsp3) is 0.417. The van der Waals surface area contributed by atoms with E-state index in [1.807, 2.05) is 0 Å². The maximum absolute atomic E-state index is 12.6. The molecule has 1 aliphatic rings. The fourth-order valence-electron chi connectivity index (χ4n) is 2.06. The monoisotopic (exact) mass is 369 g/mol. The fourth-order valence-corrected chi connectivity index (χ4v) is 3.97. The number of halogens is 2. The zero-order chi connectivity index (χ0) is 15.6. The number of primary amides is 1. The van der Waals surface area contributed by atoms with Crippen LogP contribution in [0.25, 0.3) is 0 Å². The van der Waals surface area contributed by atoms with Gasteiger partial charge in [-0.3, -0.25) is 4.79 Å². The number of sulfonamides is 1. The van der Waals surface area contributed by atoms with E-state index in [0.717, 1.165) is 0 Å². The highest BCUT2D eigenvalue weighted by molar-refractivity contribution is 7.89. The van der Waals surface area contributed by atoms with Crippen molar-refractivity contribution in [2.24, 2.45) is 11.5 Å². The average molecular weight is 370 g/mol. The summed E-state index contributed by atoms with van der Waals surface area (Å²) >= 11 is 5.87. The van der Waals surface area contributed by atoms with Gasteiger partial charge in [0.1, 0.15) is 10.6 Å². The average Bonchev–Trinajstić information content (AvgIpc) is 2.84. The Balaban J connectivity index is 0.00000242. The summed E-state index contributed by atoms with van der Waals surface area (Å²) in [5.41, 5.74) is 10.7. The lowest BCUT2D eigenvalue weighted by molar-refractivity contribution is -0.120. The molecule has 0 aromatic heterocycles. The highest BCUT2D eigenvalue weighted by Crippen LogP contribution is 2.31. The van der Waals surface area contributed by atoms with Crippen LogP contribution in [0.4, 0.5) is 0 Å². The minimum Gasteiger partial charge on any atom is -0.482 e. The first-order valence-electron chi connectivity index (χ1n) is 6.27. The first-order chi connectivity index (χ1) is 9.80. The Morgan fingerprint density at radius 3 is 2.68 bits per heavy atom. The highest BCUT2D eigenvalue weighted by Gasteiger charge is 2.33. The van der Waals surface area contributed by atoms with E-state index in [-0.39, 0.29) is 40.7 Å². The molecule has 0 spiro atoms. The third-order valence-electron chi connectivity index (χ3n) is 3.08. The Labute approximate surface area is 140 Å². The highest BCUT2D eigenvalue weighted by atomic mass is 35.5. The Morgan fingerprint density at radius 1 is 1.45 bits per heavy atom. The lowest BCUT2D eigenvalue weighted by atomic mass is 10.3. The molecule has 0 aliphatic carbocycles. The Hall–Kier alpha value is -1.06. The Kier molecular flexibility index (Phi) is 6.45. The topological polar surface area (TPSA) is 116 Å². The summed E-state index contributed by atoms with van der Waals surface area (Å²) in [6.07, 6.45) is 0.595. The minimum absolute atomic E-state index is 0. The molecule has 1 fully saturated rings. The van der Waals surface area contributed by atoms with Crippen molar-refractivity contribution in [3.63, 3.8) is 0 Å². The number of hydrogen-bond acceptors (Lipinski definition) is 5. The van der Waals surface area contributed by atoms with E-state index >= 15 is 0 Å². The number of carbonyl (C=O) groups excluding carboxylic acids is 1. The van der Waals surface area contributed by atoms with Gasteiger partial charge in [-0.1, -0.05) is 11.6 Å². The SMILES string of the molecule is Cl.NC(=O)COc1ccc(Cl)cc1S(=O)(=O)N1CC[C@@H](N)C1. The van der Waals surface area contributed by atoms with Gasteiger partial charge in [0.2, 0.25) is 10.0 Å². The van der Waals surface area contributed by atoms with Gasteiger partial charge in [0, 0.05) is 24.2 Å². The van der Waals surface area contributed by atoms with Gasteiger partial charge in [-0.15, -0.1) is 12.4 Å².